The SMILES string of the molecule is C=C(C)C(=O)Oc1c2ccccc2c(OC(=O)C(=C)C)c2c(SC)cccc12. The van der Waals surface area contributed by atoms with Gasteiger partial charge in [0.25, 0.3) is 0 Å². The fourth-order valence-electron chi connectivity index (χ4n) is 2.86. The van der Waals surface area contributed by atoms with Gasteiger partial charge in [0.2, 0.25) is 0 Å². The van der Waals surface area contributed by atoms with E-state index in [0.29, 0.717) is 44.2 Å². The van der Waals surface area contributed by atoms with Crippen LogP contribution in [0.4, 0.5) is 0 Å². The Labute approximate surface area is 167 Å². The van der Waals surface area contributed by atoms with Gasteiger partial charge in [-0.2, -0.15) is 0 Å². The van der Waals surface area contributed by atoms with Crippen LogP contribution in [0.2, 0.25) is 0 Å². The normalized spacial score (nSPS) is 10.7. The quantitative estimate of drug-likeness (QED) is 0.184. The minimum atomic E-state index is -0.507. The molecule has 0 aliphatic rings. The fraction of sp³-hybridized carbons (Fsp3) is 0.130. The molecule has 0 fully saturated rings. The van der Waals surface area contributed by atoms with Crippen molar-refractivity contribution in [3.05, 3.63) is 66.8 Å². The number of ether oxygens (including phenoxy) is 2. The molecule has 0 bridgehead atoms. The van der Waals surface area contributed by atoms with Crippen molar-refractivity contribution in [3.63, 3.8) is 0 Å². The lowest BCUT2D eigenvalue weighted by molar-refractivity contribution is -0.130. The van der Waals surface area contributed by atoms with Crippen molar-refractivity contribution in [2.45, 2.75) is 18.7 Å². The number of esters is 2. The van der Waals surface area contributed by atoms with Crippen molar-refractivity contribution in [2.75, 3.05) is 6.26 Å². The number of fused-ring (bicyclic) bond motifs is 2. The van der Waals surface area contributed by atoms with Crippen LogP contribution < -0.4 is 9.47 Å². The molecule has 4 nitrogen and oxygen atoms in total. The molecular formula is C23H20O4S. The Balaban J connectivity index is 2.44. The van der Waals surface area contributed by atoms with Crippen LogP contribution in [0.3, 0.4) is 0 Å². The van der Waals surface area contributed by atoms with Crippen molar-refractivity contribution in [3.8, 4) is 11.5 Å². The van der Waals surface area contributed by atoms with Crippen molar-refractivity contribution in [2.24, 2.45) is 0 Å². The summed E-state index contributed by atoms with van der Waals surface area (Å²) in [4.78, 5) is 25.5. The van der Waals surface area contributed by atoms with E-state index in [2.05, 4.69) is 13.2 Å². The molecule has 0 radical (unpaired) electrons. The maximum Gasteiger partial charge on any atom is 0.338 e. The molecule has 3 rings (SSSR count). The highest BCUT2D eigenvalue weighted by molar-refractivity contribution is 7.98. The molecule has 3 aromatic carbocycles. The molecule has 0 atom stereocenters. The van der Waals surface area contributed by atoms with Gasteiger partial charge in [-0.05, 0) is 26.2 Å². The summed E-state index contributed by atoms with van der Waals surface area (Å²) in [6.45, 7) is 10.5. The number of hydrogen-bond donors (Lipinski definition) is 0. The van der Waals surface area contributed by atoms with E-state index in [1.54, 1.807) is 13.8 Å². The molecule has 0 aliphatic carbocycles. The summed E-state index contributed by atoms with van der Waals surface area (Å²) >= 11 is 1.52. The first-order valence-electron chi connectivity index (χ1n) is 8.62. The van der Waals surface area contributed by atoms with E-state index in [-0.39, 0.29) is 0 Å². The molecule has 0 spiro atoms. The average molecular weight is 392 g/mol. The molecule has 0 saturated carbocycles. The first-order valence-corrected chi connectivity index (χ1v) is 9.84. The lowest BCUT2D eigenvalue weighted by atomic mass is 10.0. The highest BCUT2D eigenvalue weighted by Crippen LogP contribution is 2.46. The first kappa shape index (κ1) is 19.7. The predicted octanol–water partition coefficient (Wildman–Crippen LogP) is 5.68. The molecule has 0 aromatic heterocycles. The van der Waals surface area contributed by atoms with Gasteiger partial charge in [-0.1, -0.05) is 49.6 Å². The molecule has 0 heterocycles. The molecule has 0 N–H and O–H groups in total. The molecule has 28 heavy (non-hydrogen) atoms. The van der Waals surface area contributed by atoms with E-state index in [1.807, 2.05) is 48.7 Å². The van der Waals surface area contributed by atoms with Gasteiger partial charge in [0.05, 0.1) is 0 Å². The Morgan fingerprint density at radius 3 is 1.82 bits per heavy atom. The molecule has 0 amide bonds. The van der Waals surface area contributed by atoms with Crippen LogP contribution in [0.15, 0.2) is 71.7 Å². The molecule has 0 saturated heterocycles. The third-order valence-corrected chi connectivity index (χ3v) is 5.00. The van der Waals surface area contributed by atoms with Crippen molar-refractivity contribution >= 4 is 45.2 Å². The maximum atomic E-state index is 12.3. The topological polar surface area (TPSA) is 52.6 Å². The van der Waals surface area contributed by atoms with E-state index in [0.717, 1.165) is 4.90 Å². The number of benzene rings is 3. The number of thioether (sulfide) groups is 1. The van der Waals surface area contributed by atoms with Gasteiger partial charge in [0.1, 0.15) is 11.5 Å². The number of carbonyl (C=O) groups excluding carboxylic acids is 2. The average Bonchev–Trinajstić information content (AvgIpc) is 2.69. The Morgan fingerprint density at radius 1 is 0.786 bits per heavy atom. The summed E-state index contributed by atoms with van der Waals surface area (Å²) in [6, 6.07) is 13.0. The summed E-state index contributed by atoms with van der Waals surface area (Å²) in [7, 11) is 0. The zero-order valence-electron chi connectivity index (χ0n) is 16.0. The van der Waals surface area contributed by atoms with E-state index in [1.165, 1.54) is 11.8 Å². The summed E-state index contributed by atoms with van der Waals surface area (Å²) in [5.74, 6) is -0.162. The minimum Gasteiger partial charge on any atom is -0.422 e. The third-order valence-electron chi connectivity index (χ3n) is 4.22. The Hall–Kier alpha value is -3.05. The fourth-order valence-corrected chi connectivity index (χ4v) is 3.48. The Kier molecular flexibility index (Phi) is 5.56. The van der Waals surface area contributed by atoms with Gasteiger partial charge in [-0.15, -0.1) is 11.8 Å². The predicted molar refractivity (Wildman–Crippen MR) is 114 cm³/mol. The molecule has 0 aliphatic heterocycles. The van der Waals surface area contributed by atoms with Crippen molar-refractivity contribution < 1.29 is 19.1 Å². The third kappa shape index (κ3) is 3.53. The summed E-state index contributed by atoms with van der Waals surface area (Å²) in [5.41, 5.74) is 0.604. The summed E-state index contributed by atoms with van der Waals surface area (Å²) in [5, 5.41) is 2.75. The van der Waals surface area contributed by atoms with E-state index in [4.69, 9.17) is 9.47 Å². The molecule has 0 unspecified atom stereocenters. The van der Waals surface area contributed by atoms with Gasteiger partial charge in [0.15, 0.2) is 0 Å². The van der Waals surface area contributed by atoms with Crippen LogP contribution in [0.5, 0.6) is 11.5 Å². The zero-order chi connectivity index (χ0) is 20.4. The van der Waals surface area contributed by atoms with Crippen LogP contribution in [-0.2, 0) is 9.59 Å². The summed E-state index contributed by atoms with van der Waals surface area (Å²) in [6.07, 6.45) is 1.94. The van der Waals surface area contributed by atoms with Gasteiger partial charge in [-0.3, -0.25) is 0 Å². The van der Waals surface area contributed by atoms with Crippen molar-refractivity contribution in [1.29, 1.82) is 0 Å². The molecule has 5 heteroatoms. The lowest BCUT2D eigenvalue weighted by Gasteiger charge is -2.18. The zero-order valence-corrected chi connectivity index (χ0v) is 16.8. The van der Waals surface area contributed by atoms with Gasteiger partial charge in [-0.25, -0.2) is 9.59 Å². The van der Waals surface area contributed by atoms with Crippen LogP contribution in [-0.4, -0.2) is 18.2 Å². The number of rotatable bonds is 5. The molecule has 142 valence electrons. The highest BCUT2D eigenvalue weighted by atomic mass is 32.2. The molecule has 3 aromatic rings. The van der Waals surface area contributed by atoms with Crippen LogP contribution in [0, 0.1) is 0 Å². The van der Waals surface area contributed by atoms with Crippen LogP contribution in [0.25, 0.3) is 21.5 Å². The van der Waals surface area contributed by atoms with Gasteiger partial charge in [0, 0.05) is 37.6 Å². The van der Waals surface area contributed by atoms with Crippen LogP contribution in [0.1, 0.15) is 13.8 Å². The van der Waals surface area contributed by atoms with E-state index in [9.17, 15) is 9.59 Å². The monoisotopic (exact) mass is 392 g/mol. The standard InChI is InChI=1S/C23H20O4S/c1-13(2)22(24)26-20-15-9-6-7-10-16(15)21(27-23(25)14(3)4)19-17(20)11-8-12-18(19)28-5/h6-12H,1,3H2,2,4-5H3. The van der Waals surface area contributed by atoms with Crippen molar-refractivity contribution in [1.82, 2.24) is 0 Å². The van der Waals surface area contributed by atoms with Crippen LogP contribution >= 0.6 is 11.8 Å². The first-order chi connectivity index (χ1) is 13.3. The maximum absolute atomic E-state index is 12.3. The second-order valence-corrected chi connectivity index (χ2v) is 7.27. The summed E-state index contributed by atoms with van der Waals surface area (Å²) < 4.78 is 11.4. The lowest BCUT2D eigenvalue weighted by Crippen LogP contribution is -2.11. The van der Waals surface area contributed by atoms with E-state index >= 15 is 0 Å². The highest BCUT2D eigenvalue weighted by Gasteiger charge is 2.22. The van der Waals surface area contributed by atoms with Gasteiger partial charge >= 0.3 is 11.9 Å². The van der Waals surface area contributed by atoms with E-state index < -0.39 is 11.9 Å². The van der Waals surface area contributed by atoms with Gasteiger partial charge < -0.3 is 9.47 Å². The second kappa shape index (κ2) is 7.90. The molecular weight excluding hydrogens is 372 g/mol. The number of hydrogen-bond acceptors (Lipinski definition) is 5. The Morgan fingerprint density at radius 2 is 1.29 bits per heavy atom. The Bertz CT molecular complexity index is 1140. The largest absolute Gasteiger partial charge is 0.422 e. The second-order valence-electron chi connectivity index (χ2n) is 6.43. The smallest absolute Gasteiger partial charge is 0.338 e. The number of carbonyl (C=O) groups is 2. The minimum absolute atomic E-state index is 0.302.